The molecule has 0 radical (unpaired) electrons. The second kappa shape index (κ2) is 5.61. The van der Waals surface area contributed by atoms with Gasteiger partial charge in [-0.25, -0.2) is 14.4 Å². The third-order valence-corrected chi connectivity index (χ3v) is 4.32. The molecule has 0 fully saturated rings. The van der Waals surface area contributed by atoms with Crippen LogP contribution in [0.4, 0.5) is 4.39 Å². The van der Waals surface area contributed by atoms with Gasteiger partial charge >= 0.3 is 0 Å². The first-order valence-electron chi connectivity index (χ1n) is 6.32. The number of fused-ring (bicyclic) bond motifs is 1. The average Bonchev–Trinajstić information content (AvgIpc) is 3.02. The summed E-state index contributed by atoms with van der Waals surface area (Å²) >= 11 is 7.58. The Kier molecular flexibility index (Phi) is 3.82. The van der Waals surface area contributed by atoms with Crippen LogP contribution in [0.15, 0.2) is 18.3 Å². The molecule has 0 N–H and O–H groups in total. The van der Waals surface area contributed by atoms with Crippen LogP contribution in [0.1, 0.15) is 15.7 Å². The van der Waals surface area contributed by atoms with E-state index in [1.807, 2.05) is 17.7 Å². The van der Waals surface area contributed by atoms with E-state index in [-0.39, 0.29) is 11.6 Å². The summed E-state index contributed by atoms with van der Waals surface area (Å²) in [5, 5.41) is 0.960. The molecule has 21 heavy (non-hydrogen) atoms. The molecule has 0 atom stereocenters. The van der Waals surface area contributed by atoms with Crippen molar-refractivity contribution in [2.75, 3.05) is 7.11 Å². The summed E-state index contributed by atoms with van der Waals surface area (Å²) in [6, 6.07) is 3.02. The molecule has 1 aromatic carbocycles. The Labute approximate surface area is 130 Å². The van der Waals surface area contributed by atoms with Gasteiger partial charge in [0, 0.05) is 23.2 Å². The van der Waals surface area contributed by atoms with Gasteiger partial charge in [0.05, 0.1) is 30.6 Å². The van der Waals surface area contributed by atoms with Gasteiger partial charge in [-0.05, 0) is 6.92 Å². The number of aryl methyl sites for hydroxylation is 1. The zero-order chi connectivity index (χ0) is 15.0. The maximum Gasteiger partial charge on any atom is 0.167 e. The van der Waals surface area contributed by atoms with Crippen molar-refractivity contribution in [3.05, 3.63) is 39.9 Å². The number of ether oxygens (including phenoxy) is 1. The summed E-state index contributed by atoms with van der Waals surface area (Å²) in [5.74, 6) is 0.705. The van der Waals surface area contributed by atoms with Crippen molar-refractivity contribution in [2.45, 2.75) is 19.3 Å². The zero-order valence-electron chi connectivity index (χ0n) is 11.6. The minimum absolute atomic E-state index is 0.195. The number of rotatable bonds is 4. The number of benzene rings is 1. The molecular formula is C14H13ClFN3OS. The molecule has 0 unspecified atom stereocenters. The molecule has 0 saturated heterocycles. The fourth-order valence-corrected chi connectivity index (χ4v) is 3.20. The summed E-state index contributed by atoms with van der Waals surface area (Å²) < 4.78 is 20.8. The number of halogens is 2. The van der Waals surface area contributed by atoms with Crippen LogP contribution >= 0.6 is 22.9 Å². The van der Waals surface area contributed by atoms with Gasteiger partial charge < -0.3 is 9.30 Å². The minimum atomic E-state index is -0.430. The van der Waals surface area contributed by atoms with E-state index in [1.165, 1.54) is 13.2 Å². The summed E-state index contributed by atoms with van der Waals surface area (Å²) in [5.41, 5.74) is 1.36. The lowest BCUT2D eigenvalue weighted by molar-refractivity contribution is 0.387. The quantitative estimate of drug-likeness (QED) is 0.686. The van der Waals surface area contributed by atoms with Gasteiger partial charge in [-0.3, -0.25) is 0 Å². The van der Waals surface area contributed by atoms with E-state index in [1.54, 1.807) is 17.4 Å². The van der Waals surface area contributed by atoms with Crippen LogP contribution in [0, 0.1) is 12.7 Å². The van der Waals surface area contributed by atoms with E-state index >= 15 is 0 Å². The van der Waals surface area contributed by atoms with Crippen molar-refractivity contribution in [3.63, 3.8) is 0 Å². The monoisotopic (exact) mass is 325 g/mol. The molecule has 0 amide bonds. The van der Waals surface area contributed by atoms with Gasteiger partial charge in [0.15, 0.2) is 11.6 Å². The average molecular weight is 326 g/mol. The zero-order valence-corrected chi connectivity index (χ0v) is 13.1. The number of alkyl halides is 1. The molecule has 0 saturated carbocycles. The Balaban J connectivity index is 2.14. The van der Waals surface area contributed by atoms with Crippen molar-refractivity contribution < 1.29 is 9.13 Å². The summed E-state index contributed by atoms with van der Waals surface area (Å²) in [6.07, 6.45) is 1.83. The number of hydrogen-bond acceptors (Lipinski definition) is 4. The molecule has 0 aliphatic heterocycles. The van der Waals surface area contributed by atoms with Crippen molar-refractivity contribution in [3.8, 4) is 5.75 Å². The molecule has 0 spiro atoms. The van der Waals surface area contributed by atoms with E-state index in [9.17, 15) is 4.39 Å². The molecule has 0 bridgehead atoms. The first-order chi connectivity index (χ1) is 10.1. The van der Waals surface area contributed by atoms with Gasteiger partial charge in [-0.2, -0.15) is 0 Å². The smallest absolute Gasteiger partial charge is 0.167 e. The van der Waals surface area contributed by atoms with Crippen LogP contribution in [-0.2, 0) is 12.4 Å². The third kappa shape index (κ3) is 2.61. The van der Waals surface area contributed by atoms with Gasteiger partial charge in [0.1, 0.15) is 10.8 Å². The van der Waals surface area contributed by atoms with Crippen LogP contribution in [-0.4, -0.2) is 21.6 Å². The van der Waals surface area contributed by atoms with Crippen molar-refractivity contribution >= 4 is 34.0 Å². The summed E-state index contributed by atoms with van der Waals surface area (Å²) in [6.45, 7) is 2.57. The lowest BCUT2D eigenvalue weighted by atomic mass is 10.3. The van der Waals surface area contributed by atoms with Crippen LogP contribution < -0.4 is 4.74 Å². The minimum Gasteiger partial charge on any atom is -0.494 e. The maximum atomic E-state index is 13.8. The van der Waals surface area contributed by atoms with Crippen LogP contribution in [0.5, 0.6) is 5.75 Å². The van der Waals surface area contributed by atoms with Crippen LogP contribution in [0.3, 0.4) is 0 Å². The first-order valence-corrected chi connectivity index (χ1v) is 7.67. The van der Waals surface area contributed by atoms with E-state index in [0.717, 1.165) is 15.4 Å². The topological polar surface area (TPSA) is 39.9 Å². The van der Waals surface area contributed by atoms with E-state index in [4.69, 9.17) is 16.3 Å². The number of imidazole rings is 1. The number of hydrogen-bond donors (Lipinski definition) is 0. The van der Waals surface area contributed by atoms with Crippen molar-refractivity contribution in [1.29, 1.82) is 0 Å². The Morgan fingerprint density at radius 1 is 1.43 bits per heavy atom. The van der Waals surface area contributed by atoms with Gasteiger partial charge in [-0.15, -0.1) is 22.9 Å². The second-order valence-electron chi connectivity index (χ2n) is 4.59. The van der Waals surface area contributed by atoms with Crippen LogP contribution in [0.25, 0.3) is 11.0 Å². The van der Waals surface area contributed by atoms with E-state index in [2.05, 4.69) is 9.97 Å². The SMILES string of the molecule is COc1cc2c(cc1F)nc(CCl)n2Cc1ncc(C)s1. The molecule has 2 heterocycles. The highest BCUT2D eigenvalue weighted by Crippen LogP contribution is 2.27. The highest BCUT2D eigenvalue weighted by atomic mass is 35.5. The molecule has 3 rings (SSSR count). The van der Waals surface area contributed by atoms with Gasteiger partial charge in [0.25, 0.3) is 0 Å². The number of aromatic nitrogens is 3. The van der Waals surface area contributed by atoms with Gasteiger partial charge in [0.2, 0.25) is 0 Å². The lowest BCUT2D eigenvalue weighted by Gasteiger charge is -2.07. The second-order valence-corrected chi connectivity index (χ2v) is 6.17. The molecule has 7 heteroatoms. The maximum absolute atomic E-state index is 13.8. The molecular weight excluding hydrogens is 313 g/mol. The van der Waals surface area contributed by atoms with Crippen molar-refractivity contribution in [1.82, 2.24) is 14.5 Å². The highest BCUT2D eigenvalue weighted by Gasteiger charge is 2.15. The van der Waals surface area contributed by atoms with E-state index < -0.39 is 5.82 Å². The Morgan fingerprint density at radius 3 is 2.86 bits per heavy atom. The van der Waals surface area contributed by atoms with Gasteiger partial charge in [-0.1, -0.05) is 0 Å². The van der Waals surface area contributed by atoms with Crippen molar-refractivity contribution in [2.24, 2.45) is 0 Å². The number of thiazole rings is 1. The lowest BCUT2D eigenvalue weighted by Crippen LogP contribution is -2.03. The standard InChI is InChI=1S/C14H13ClFN3OS/c1-8-6-17-14(21-8)7-19-11-4-12(20-2)9(16)3-10(11)18-13(19)5-15/h3-4,6H,5,7H2,1-2H3. The summed E-state index contributed by atoms with van der Waals surface area (Å²) in [7, 11) is 1.44. The number of methoxy groups -OCH3 is 1. The first kappa shape index (κ1) is 14.3. The molecule has 3 aromatic rings. The highest BCUT2D eigenvalue weighted by molar-refractivity contribution is 7.11. The molecule has 0 aliphatic carbocycles. The third-order valence-electron chi connectivity index (χ3n) is 3.18. The Bertz CT molecular complexity index is 799. The fourth-order valence-electron chi connectivity index (χ4n) is 2.22. The largest absolute Gasteiger partial charge is 0.494 e. The molecule has 110 valence electrons. The summed E-state index contributed by atoms with van der Waals surface area (Å²) in [4.78, 5) is 9.88. The van der Waals surface area contributed by atoms with E-state index in [0.29, 0.717) is 17.9 Å². The predicted molar refractivity (Wildman–Crippen MR) is 81.8 cm³/mol. The molecule has 2 aromatic heterocycles. The Morgan fingerprint density at radius 2 is 2.24 bits per heavy atom. The molecule has 4 nitrogen and oxygen atoms in total. The van der Waals surface area contributed by atoms with Crippen LogP contribution in [0.2, 0.25) is 0 Å². The number of nitrogens with zero attached hydrogens (tertiary/aromatic N) is 3. The normalized spacial score (nSPS) is 11.2. The fraction of sp³-hybridized carbons (Fsp3) is 0.286. The molecule has 0 aliphatic rings. The predicted octanol–water partition coefficient (Wildman–Crippen LogP) is 3.74. The Hall–Kier alpha value is -1.66.